The summed E-state index contributed by atoms with van der Waals surface area (Å²) in [4.78, 5) is 9.74. The number of nitro groups is 1. The molecule has 1 rings (SSSR count). The van der Waals surface area contributed by atoms with Crippen molar-refractivity contribution in [2.75, 3.05) is 6.54 Å². The second kappa shape index (κ2) is 4.79. The van der Waals surface area contributed by atoms with Gasteiger partial charge in [0.05, 0.1) is 10.8 Å². The van der Waals surface area contributed by atoms with Gasteiger partial charge in [-0.15, -0.1) is 0 Å². The van der Waals surface area contributed by atoms with Crippen molar-refractivity contribution in [1.82, 2.24) is 0 Å². The number of benzene rings is 1. The monoisotopic (exact) mass is 216 g/mol. The Kier molecular flexibility index (Phi) is 3.68. The van der Waals surface area contributed by atoms with Crippen molar-refractivity contribution in [1.29, 1.82) is 0 Å². The largest absolute Gasteiger partial charge is 0.330 e. The number of alkyl halides is 2. The summed E-state index contributed by atoms with van der Waals surface area (Å²) in [5.41, 5.74) is 5.39. The summed E-state index contributed by atoms with van der Waals surface area (Å²) in [5, 5.41) is 10.3. The van der Waals surface area contributed by atoms with E-state index >= 15 is 0 Å². The van der Waals surface area contributed by atoms with Gasteiger partial charge in [0.25, 0.3) is 5.69 Å². The smallest absolute Gasteiger partial charge is 0.269 e. The Hall–Kier alpha value is -1.56. The summed E-state index contributed by atoms with van der Waals surface area (Å²) in [6.45, 7) is -0.185. The molecule has 1 aromatic rings. The van der Waals surface area contributed by atoms with Crippen LogP contribution in [0.15, 0.2) is 24.3 Å². The van der Waals surface area contributed by atoms with E-state index in [1.54, 1.807) is 0 Å². The maximum absolute atomic E-state index is 12.4. The fourth-order valence-corrected chi connectivity index (χ4v) is 1.23. The van der Waals surface area contributed by atoms with Gasteiger partial charge >= 0.3 is 0 Å². The molecule has 1 aromatic carbocycles. The minimum Gasteiger partial charge on any atom is -0.330 e. The zero-order valence-electron chi connectivity index (χ0n) is 7.77. The number of halogens is 2. The summed E-state index contributed by atoms with van der Waals surface area (Å²) in [6.07, 6.45) is -2.56. The van der Waals surface area contributed by atoms with E-state index in [0.717, 1.165) is 0 Å². The first-order valence-electron chi connectivity index (χ1n) is 4.29. The van der Waals surface area contributed by atoms with Crippen LogP contribution >= 0.6 is 0 Å². The Morgan fingerprint density at radius 3 is 2.20 bits per heavy atom. The lowest BCUT2D eigenvalue weighted by Gasteiger charge is -2.13. The first-order chi connectivity index (χ1) is 7.06. The van der Waals surface area contributed by atoms with Crippen LogP contribution in [0.3, 0.4) is 0 Å². The molecular formula is C9H10F2N2O2. The van der Waals surface area contributed by atoms with Crippen LogP contribution in [0.4, 0.5) is 14.5 Å². The van der Waals surface area contributed by atoms with Gasteiger partial charge in [-0.25, -0.2) is 8.78 Å². The first-order valence-corrected chi connectivity index (χ1v) is 4.29. The Balaban J connectivity index is 2.92. The first kappa shape index (κ1) is 11.5. The molecule has 0 aromatic heterocycles. The van der Waals surface area contributed by atoms with Crippen molar-refractivity contribution in [3.63, 3.8) is 0 Å². The highest BCUT2D eigenvalue weighted by atomic mass is 19.3. The third-order valence-corrected chi connectivity index (χ3v) is 2.09. The van der Waals surface area contributed by atoms with Gasteiger partial charge in [0.2, 0.25) is 6.43 Å². The third-order valence-electron chi connectivity index (χ3n) is 2.09. The Morgan fingerprint density at radius 2 is 1.87 bits per heavy atom. The van der Waals surface area contributed by atoms with E-state index in [-0.39, 0.29) is 12.2 Å². The molecule has 0 radical (unpaired) electrons. The van der Waals surface area contributed by atoms with Gasteiger partial charge in [0.1, 0.15) is 0 Å². The van der Waals surface area contributed by atoms with Gasteiger partial charge in [0, 0.05) is 18.7 Å². The number of non-ortho nitro benzene ring substituents is 1. The third kappa shape index (κ3) is 2.69. The van der Waals surface area contributed by atoms with Crippen molar-refractivity contribution < 1.29 is 13.7 Å². The second-order valence-electron chi connectivity index (χ2n) is 3.03. The van der Waals surface area contributed by atoms with Crippen LogP contribution in [0.5, 0.6) is 0 Å². The Bertz CT molecular complexity index is 340. The molecule has 0 aliphatic heterocycles. The lowest BCUT2D eigenvalue weighted by molar-refractivity contribution is -0.384. The van der Waals surface area contributed by atoms with E-state index in [9.17, 15) is 18.9 Å². The number of nitrogens with two attached hydrogens (primary N) is 1. The molecule has 0 fully saturated rings. The van der Waals surface area contributed by atoms with Crippen LogP contribution in [0, 0.1) is 10.1 Å². The topological polar surface area (TPSA) is 69.2 Å². The van der Waals surface area contributed by atoms with Gasteiger partial charge in [-0.05, 0) is 5.56 Å². The van der Waals surface area contributed by atoms with E-state index in [4.69, 9.17) is 5.73 Å². The highest BCUT2D eigenvalue weighted by molar-refractivity contribution is 5.34. The lowest BCUT2D eigenvalue weighted by atomic mass is 10.00. The van der Waals surface area contributed by atoms with Crippen molar-refractivity contribution in [2.24, 2.45) is 5.73 Å². The molecule has 0 spiro atoms. The standard InChI is InChI=1S/C9H10F2N2O2/c10-9(11)8(5-12)6-1-3-7(4-2-6)13(14)15/h1-4,8-9H,5,12H2. The average Bonchev–Trinajstić information content (AvgIpc) is 2.19. The van der Waals surface area contributed by atoms with Gasteiger partial charge in [-0.1, -0.05) is 12.1 Å². The molecule has 0 aliphatic rings. The number of nitrogens with zero attached hydrogens (tertiary/aromatic N) is 1. The molecule has 0 aliphatic carbocycles. The fourth-order valence-electron chi connectivity index (χ4n) is 1.23. The predicted molar refractivity (Wildman–Crippen MR) is 50.9 cm³/mol. The molecule has 1 atom stereocenters. The highest BCUT2D eigenvalue weighted by Gasteiger charge is 2.21. The van der Waals surface area contributed by atoms with Crippen molar-refractivity contribution >= 4 is 5.69 Å². The fraction of sp³-hybridized carbons (Fsp3) is 0.333. The minimum atomic E-state index is -2.56. The average molecular weight is 216 g/mol. The van der Waals surface area contributed by atoms with E-state index in [1.165, 1.54) is 24.3 Å². The normalized spacial score (nSPS) is 12.8. The maximum Gasteiger partial charge on any atom is 0.269 e. The maximum atomic E-state index is 12.4. The summed E-state index contributed by atoms with van der Waals surface area (Å²) in [6, 6.07) is 5.00. The molecule has 0 bridgehead atoms. The number of nitro benzene ring substituents is 1. The van der Waals surface area contributed by atoms with Gasteiger partial charge in [0.15, 0.2) is 0 Å². The summed E-state index contributed by atoms with van der Waals surface area (Å²) < 4.78 is 24.9. The molecule has 0 saturated carbocycles. The van der Waals surface area contributed by atoms with Gasteiger partial charge in [-0.3, -0.25) is 10.1 Å². The zero-order valence-corrected chi connectivity index (χ0v) is 7.77. The summed E-state index contributed by atoms with van der Waals surface area (Å²) in [5.74, 6) is -1.06. The zero-order chi connectivity index (χ0) is 11.4. The van der Waals surface area contributed by atoms with Crippen molar-refractivity contribution in [3.8, 4) is 0 Å². The molecule has 6 heteroatoms. The van der Waals surface area contributed by atoms with Gasteiger partial charge < -0.3 is 5.73 Å². The van der Waals surface area contributed by atoms with Crippen molar-refractivity contribution in [2.45, 2.75) is 12.3 Å². The summed E-state index contributed by atoms with van der Waals surface area (Å²) in [7, 11) is 0. The molecule has 82 valence electrons. The van der Waals surface area contributed by atoms with Crippen LogP contribution in [0.25, 0.3) is 0 Å². The molecule has 2 N–H and O–H groups in total. The molecule has 0 heterocycles. The van der Waals surface area contributed by atoms with E-state index in [2.05, 4.69) is 0 Å². The van der Waals surface area contributed by atoms with Crippen LogP contribution < -0.4 is 5.73 Å². The van der Waals surface area contributed by atoms with Crippen LogP contribution in [-0.2, 0) is 0 Å². The molecule has 0 saturated heterocycles. The Labute approximate surface area is 84.9 Å². The van der Waals surface area contributed by atoms with E-state index in [1.807, 2.05) is 0 Å². The molecule has 15 heavy (non-hydrogen) atoms. The van der Waals surface area contributed by atoms with Crippen LogP contribution in [0.1, 0.15) is 11.5 Å². The quantitative estimate of drug-likeness (QED) is 0.617. The SMILES string of the molecule is NCC(c1ccc([N+](=O)[O-])cc1)C(F)F. The second-order valence-corrected chi connectivity index (χ2v) is 3.03. The number of hydrogen-bond acceptors (Lipinski definition) is 3. The number of hydrogen-bond donors (Lipinski definition) is 1. The highest BCUT2D eigenvalue weighted by Crippen LogP contribution is 2.24. The minimum absolute atomic E-state index is 0.121. The van der Waals surface area contributed by atoms with Gasteiger partial charge in [-0.2, -0.15) is 0 Å². The van der Waals surface area contributed by atoms with Crippen LogP contribution in [0.2, 0.25) is 0 Å². The van der Waals surface area contributed by atoms with Crippen molar-refractivity contribution in [3.05, 3.63) is 39.9 Å². The van der Waals surface area contributed by atoms with Crippen LogP contribution in [-0.4, -0.2) is 17.9 Å². The molecule has 1 unspecified atom stereocenters. The van der Waals surface area contributed by atoms with E-state index in [0.29, 0.717) is 5.56 Å². The van der Waals surface area contributed by atoms with E-state index < -0.39 is 17.3 Å². The number of rotatable bonds is 4. The molecule has 0 amide bonds. The summed E-state index contributed by atoms with van der Waals surface area (Å²) >= 11 is 0. The molecule has 4 nitrogen and oxygen atoms in total. The Morgan fingerprint density at radius 1 is 1.33 bits per heavy atom. The lowest BCUT2D eigenvalue weighted by Crippen LogP contribution is -2.19. The predicted octanol–water partition coefficient (Wildman–Crippen LogP) is 1.90. The molecular weight excluding hydrogens is 206 g/mol.